The highest BCUT2D eigenvalue weighted by atomic mass is 16.1. The van der Waals surface area contributed by atoms with Crippen molar-refractivity contribution in [2.75, 3.05) is 5.32 Å². The molecule has 2 heterocycles. The Morgan fingerprint density at radius 2 is 1.88 bits per heavy atom. The van der Waals surface area contributed by atoms with Gasteiger partial charge in [-0.15, -0.1) is 0 Å². The number of carbonyl (C=O) groups is 1. The van der Waals surface area contributed by atoms with Crippen LogP contribution < -0.4 is 5.32 Å². The number of aldehydes is 1. The molecule has 0 amide bonds. The molecule has 2 aromatic heterocycles. The first-order valence-corrected chi connectivity index (χ1v) is 8.36. The first-order chi connectivity index (χ1) is 12.2. The fraction of sp³-hybridized carbons (Fsp3) is 0.263. The number of benzene rings is 1. The molecule has 25 heavy (non-hydrogen) atoms. The molecular weight excluding hydrogens is 314 g/mol. The number of rotatable bonds is 5. The van der Waals surface area contributed by atoms with E-state index in [1.165, 1.54) is 11.1 Å². The number of hydrogen-bond acceptors (Lipinski definition) is 5. The van der Waals surface area contributed by atoms with Crippen LogP contribution in [0.3, 0.4) is 0 Å². The zero-order valence-electron chi connectivity index (χ0n) is 14.0. The molecule has 1 aliphatic rings. The molecule has 0 radical (unpaired) electrons. The molecule has 126 valence electrons. The molecular formula is C19H19N5O. The largest absolute Gasteiger partial charge is 0.351 e. The van der Waals surface area contributed by atoms with Gasteiger partial charge in [0.05, 0.1) is 12.2 Å². The van der Waals surface area contributed by atoms with Gasteiger partial charge < -0.3 is 14.7 Å². The highest BCUT2D eigenvalue weighted by Crippen LogP contribution is 2.24. The molecule has 0 atom stereocenters. The summed E-state index contributed by atoms with van der Waals surface area (Å²) in [6.45, 7) is 2.18. The maximum atomic E-state index is 10.7. The summed E-state index contributed by atoms with van der Waals surface area (Å²) in [5.74, 6) is 1.43. The lowest BCUT2D eigenvalue weighted by molar-refractivity contribution is -0.108. The Kier molecular flexibility index (Phi) is 4.01. The zero-order chi connectivity index (χ0) is 17.2. The first kappa shape index (κ1) is 15.5. The predicted octanol–water partition coefficient (Wildman–Crippen LogP) is 2.43. The Labute approximate surface area is 146 Å². The van der Waals surface area contributed by atoms with Crippen LogP contribution in [0.25, 0.3) is 11.3 Å². The fourth-order valence-corrected chi connectivity index (χ4v) is 3.29. The molecule has 1 aliphatic carbocycles. The van der Waals surface area contributed by atoms with Crippen molar-refractivity contribution >= 4 is 12.2 Å². The molecule has 0 saturated heterocycles. The third kappa shape index (κ3) is 3.15. The summed E-state index contributed by atoms with van der Waals surface area (Å²) in [6.07, 6.45) is 8.24. The third-order valence-corrected chi connectivity index (χ3v) is 4.58. The van der Waals surface area contributed by atoms with Crippen molar-refractivity contribution in [2.45, 2.75) is 32.4 Å². The summed E-state index contributed by atoms with van der Waals surface area (Å²) in [6, 6.07) is 8.85. The van der Waals surface area contributed by atoms with E-state index in [0.717, 1.165) is 36.2 Å². The predicted molar refractivity (Wildman–Crippen MR) is 95.3 cm³/mol. The van der Waals surface area contributed by atoms with Gasteiger partial charge in [0.2, 0.25) is 5.95 Å². The zero-order valence-corrected chi connectivity index (χ0v) is 14.0. The molecule has 0 aliphatic heterocycles. The van der Waals surface area contributed by atoms with E-state index in [4.69, 9.17) is 0 Å². The van der Waals surface area contributed by atoms with E-state index >= 15 is 0 Å². The lowest BCUT2D eigenvalue weighted by Gasteiger charge is -2.11. The van der Waals surface area contributed by atoms with Crippen molar-refractivity contribution in [3.63, 3.8) is 0 Å². The summed E-state index contributed by atoms with van der Waals surface area (Å²) in [5, 5.41) is 3.41. The summed E-state index contributed by atoms with van der Waals surface area (Å²) >= 11 is 0. The SMILES string of the molecule is Cc1nc(-c2cnc(NC3Cc4ccccc4C3)nc2)cn1CC=O. The van der Waals surface area contributed by atoms with Gasteiger partial charge in [0.25, 0.3) is 0 Å². The molecule has 6 heteroatoms. The molecule has 1 aromatic carbocycles. The van der Waals surface area contributed by atoms with E-state index < -0.39 is 0 Å². The fourth-order valence-electron chi connectivity index (χ4n) is 3.29. The van der Waals surface area contributed by atoms with Crippen molar-refractivity contribution in [2.24, 2.45) is 0 Å². The lowest BCUT2D eigenvalue weighted by Crippen LogP contribution is -2.20. The van der Waals surface area contributed by atoms with E-state index in [-0.39, 0.29) is 0 Å². The van der Waals surface area contributed by atoms with E-state index in [9.17, 15) is 4.79 Å². The van der Waals surface area contributed by atoms with E-state index in [2.05, 4.69) is 44.5 Å². The number of carbonyl (C=O) groups excluding carboxylic acids is 1. The normalized spacial score (nSPS) is 13.6. The third-order valence-electron chi connectivity index (χ3n) is 4.58. The van der Waals surface area contributed by atoms with Crippen LogP contribution in [0.15, 0.2) is 42.9 Å². The molecule has 0 fully saturated rings. The Balaban J connectivity index is 1.46. The molecule has 3 aromatic rings. The number of imidazole rings is 1. The monoisotopic (exact) mass is 333 g/mol. The first-order valence-electron chi connectivity index (χ1n) is 8.36. The number of hydrogen-bond donors (Lipinski definition) is 1. The molecule has 0 saturated carbocycles. The van der Waals surface area contributed by atoms with Crippen LogP contribution in [-0.4, -0.2) is 31.8 Å². The molecule has 1 N–H and O–H groups in total. The van der Waals surface area contributed by atoms with Crippen LogP contribution in [0.1, 0.15) is 17.0 Å². The Morgan fingerprint density at radius 1 is 1.20 bits per heavy atom. The maximum absolute atomic E-state index is 10.7. The molecule has 4 rings (SSSR count). The number of anilines is 1. The van der Waals surface area contributed by atoms with Gasteiger partial charge >= 0.3 is 0 Å². The standard InChI is InChI=1S/C19H19N5O/c1-13-22-18(12-24(13)6-7-25)16-10-20-19(21-11-16)23-17-8-14-4-2-3-5-15(14)9-17/h2-5,7,10-12,17H,6,8-9H2,1H3,(H,20,21,23). The number of nitrogens with zero attached hydrogens (tertiary/aromatic N) is 4. The summed E-state index contributed by atoms with van der Waals surface area (Å²) in [5.41, 5.74) is 4.41. The molecule has 0 spiro atoms. The number of aromatic nitrogens is 4. The van der Waals surface area contributed by atoms with Gasteiger partial charge in [0.1, 0.15) is 12.1 Å². The minimum atomic E-state index is 0.307. The highest BCUT2D eigenvalue weighted by Gasteiger charge is 2.21. The van der Waals surface area contributed by atoms with Crippen LogP contribution >= 0.6 is 0 Å². The second-order valence-electron chi connectivity index (χ2n) is 6.31. The van der Waals surface area contributed by atoms with Crippen molar-refractivity contribution in [3.05, 3.63) is 59.8 Å². The van der Waals surface area contributed by atoms with Crippen LogP contribution in [0, 0.1) is 6.92 Å². The van der Waals surface area contributed by atoms with Crippen molar-refractivity contribution < 1.29 is 4.79 Å². The van der Waals surface area contributed by atoms with Gasteiger partial charge in [0, 0.05) is 30.2 Å². The quantitative estimate of drug-likeness (QED) is 0.726. The van der Waals surface area contributed by atoms with Gasteiger partial charge in [-0.3, -0.25) is 0 Å². The van der Waals surface area contributed by atoms with Gasteiger partial charge in [-0.2, -0.15) is 0 Å². The minimum Gasteiger partial charge on any atom is -0.351 e. The minimum absolute atomic E-state index is 0.307. The number of fused-ring (bicyclic) bond motifs is 1. The highest BCUT2D eigenvalue weighted by molar-refractivity contribution is 5.58. The second kappa shape index (κ2) is 6.47. The lowest BCUT2D eigenvalue weighted by atomic mass is 10.1. The number of aryl methyl sites for hydroxylation is 1. The van der Waals surface area contributed by atoms with Crippen LogP contribution in [0.4, 0.5) is 5.95 Å². The summed E-state index contributed by atoms with van der Waals surface area (Å²) in [4.78, 5) is 24.0. The Morgan fingerprint density at radius 3 is 2.52 bits per heavy atom. The van der Waals surface area contributed by atoms with Crippen molar-refractivity contribution in [1.29, 1.82) is 0 Å². The second-order valence-corrected chi connectivity index (χ2v) is 6.31. The molecule has 0 unspecified atom stereocenters. The van der Waals surface area contributed by atoms with Crippen molar-refractivity contribution in [3.8, 4) is 11.3 Å². The average molecular weight is 333 g/mol. The topological polar surface area (TPSA) is 72.7 Å². The van der Waals surface area contributed by atoms with Crippen LogP contribution in [0.2, 0.25) is 0 Å². The van der Waals surface area contributed by atoms with E-state index in [0.29, 0.717) is 18.5 Å². The van der Waals surface area contributed by atoms with E-state index in [1.807, 2.05) is 17.7 Å². The summed E-state index contributed by atoms with van der Waals surface area (Å²) in [7, 11) is 0. The van der Waals surface area contributed by atoms with Crippen molar-refractivity contribution in [1.82, 2.24) is 19.5 Å². The van der Waals surface area contributed by atoms with E-state index in [1.54, 1.807) is 12.4 Å². The Bertz CT molecular complexity index is 875. The smallest absolute Gasteiger partial charge is 0.222 e. The van der Waals surface area contributed by atoms with Gasteiger partial charge in [-0.1, -0.05) is 24.3 Å². The van der Waals surface area contributed by atoms with Crippen LogP contribution in [-0.2, 0) is 24.2 Å². The average Bonchev–Trinajstić information content (AvgIpc) is 3.19. The van der Waals surface area contributed by atoms with Gasteiger partial charge in [-0.05, 0) is 30.9 Å². The van der Waals surface area contributed by atoms with Gasteiger partial charge in [0.15, 0.2) is 0 Å². The number of nitrogens with one attached hydrogen (secondary N) is 1. The molecule has 0 bridgehead atoms. The maximum Gasteiger partial charge on any atom is 0.222 e. The van der Waals surface area contributed by atoms with Crippen LogP contribution in [0.5, 0.6) is 0 Å². The molecule has 6 nitrogen and oxygen atoms in total. The van der Waals surface area contributed by atoms with Gasteiger partial charge in [-0.25, -0.2) is 15.0 Å². The summed E-state index contributed by atoms with van der Waals surface area (Å²) < 4.78 is 1.81. The Hall–Kier alpha value is -3.02.